The standard InChI is InChI=1S/C19H29N3O2/c1-15(16-5-3-4-6-16)19(23)22-11-9-21(10-12-22)14-17-13-18(24-2)7-8-20-17/h7-8,13,15-16H,3-6,9-12,14H2,1-2H3. The highest BCUT2D eigenvalue weighted by molar-refractivity contribution is 5.79. The van der Waals surface area contributed by atoms with Crippen molar-refractivity contribution in [3.05, 3.63) is 24.0 Å². The van der Waals surface area contributed by atoms with Gasteiger partial charge in [0.2, 0.25) is 5.91 Å². The zero-order valence-electron chi connectivity index (χ0n) is 14.9. The Morgan fingerprint density at radius 2 is 2.00 bits per heavy atom. The lowest BCUT2D eigenvalue weighted by atomic mass is 9.91. The lowest BCUT2D eigenvalue weighted by Crippen LogP contribution is -2.50. The van der Waals surface area contributed by atoms with Gasteiger partial charge in [-0.3, -0.25) is 14.7 Å². The van der Waals surface area contributed by atoms with Gasteiger partial charge in [0.25, 0.3) is 0 Å². The highest BCUT2D eigenvalue weighted by Crippen LogP contribution is 2.32. The van der Waals surface area contributed by atoms with Crippen LogP contribution in [0.3, 0.4) is 0 Å². The van der Waals surface area contributed by atoms with E-state index in [1.54, 1.807) is 13.3 Å². The van der Waals surface area contributed by atoms with Gasteiger partial charge >= 0.3 is 0 Å². The topological polar surface area (TPSA) is 45.7 Å². The Hall–Kier alpha value is -1.62. The van der Waals surface area contributed by atoms with Crippen LogP contribution in [0.2, 0.25) is 0 Å². The van der Waals surface area contributed by atoms with Gasteiger partial charge < -0.3 is 9.64 Å². The fourth-order valence-electron chi connectivity index (χ4n) is 3.97. The number of amides is 1. The predicted molar refractivity (Wildman–Crippen MR) is 93.8 cm³/mol. The molecule has 0 N–H and O–H groups in total. The van der Waals surface area contributed by atoms with Gasteiger partial charge in [0, 0.05) is 50.9 Å². The first kappa shape index (κ1) is 17.2. The number of piperazine rings is 1. The van der Waals surface area contributed by atoms with Gasteiger partial charge in [0.15, 0.2) is 0 Å². The van der Waals surface area contributed by atoms with Crippen LogP contribution in [-0.4, -0.2) is 54.0 Å². The quantitative estimate of drug-likeness (QED) is 0.832. The van der Waals surface area contributed by atoms with Gasteiger partial charge in [-0.15, -0.1) is 0 Å². The first-order valence-electron chi connectivity index (χ1n) is 9.17. The van der Waals surface area contributed by atoms with Crippen LogP contribution >= 0.6 is 0 Å². The van der Waals surface area contributed by atoms with Crippen LogP contribution in [0.1, 0.15) is 38.3 Å². The van der Waals surface area contributed by atoms with E-state index < -0.39 is 0 Å². The molecule has 2 aliphatic rings. The summed E-state index contributed by atoms with van der Waals surface area (Å²) in [5.41, 5.74) is 1.02. The molecule has 1 aromatic rings. The van der Waals surface area contributed by atoms with Crippen molar-refractivity contribution in [1.82, 2.24) is 14.8 Å². The Labute approximate surface area is 145 Å². The molecule has 0 bridgehead atoms. The molecule has 5 nitrogen and oxygen atoms in total. The van der Waals surface area contributed by atoms with Gasteiger partial charge in [-0.2, -0.15) is 0 Å². The summed E-state index contributed by atoms with van der Waals surface area (Å²) in [5, 5.41) is 0. The van der Waals surface area contributed by atoms with Crippen molar-refractivity contribution in [3.8, 4) is 5.75 Å². The van der Waals surface area contributed by atoms with Gasteiger partial charge in [0.1, 0.15) is 5.75 Å². The van der Waals surface area contributed by atoms with E-state index in [4.69, 9.17) is 4.74 Å². The molecule has 1 aromatic heterocycles. The first-order valence-corrected chi connectivity index (χ1v) is 9.17. The number of nitrogens with zero attached hydrogens (tertiary/aromatic N) is 3. The number of hydrogen-bond acceptors (Lipinski definition) is 4. The molecular formula is C19H29N3O2. The molecule has 0 radical (unpaired) electrons. The van der Waals surface area contributed by atoms with E-state index in [-0.39, 0.29) is 5.92 Å². The number of methoxy groups -OCH3 is 1. The number of aromatic nitrogens is 1. The molecule has 132 valence electrons. The normalized spacial score (nSPS) is 21.0. The molecule has 0 spiro atoms. The second-order valence-corrected chi connectivity index (χ2v) is 7.12. The third-order valence-corrected chi connectivity index (χ3v) is 5.59. The van der Waals surface area contributed by atoms with E-state index >= 15 is 0 Å². The van der Waals surface area contributed by atoms with Crippen molar-refractivity contribution < 1.29 is 9.53 Å². The maximum atomic E-state index is 12.7. The van der Waals surface area contributed by atoms with E-state index in [2.05, 4.69) is 21.7 Å². The minimum atomic E-state index is 0.194. The minimum Gasteiger partial charge on any atom is -0.497 e. The van der Waals surface area contributed by atoms with Crippen LogP contribution in [0, 0.1) is 11.8 Å². The number of pyridine rings is 1. The minimum absolute atomic E-state index is 0.194. The first-order chi connectivity index (χ1) is 11.7. The highest BCUT2D eigenvalue weighted by atomic mass is 16.5. The zero-order chi connectivity index (χ0) is 16.9. The Balaban J connectivity index is 1.49. The summed E-state index contributed by atoms with van der Waals surface area (Å²) in [7, 11) is 1.68. The SMILES string of the molecule is COc1ccnc(CN2CCN(C(=O)C(C)C3CCCC3)CC2)c1. The van der Waals surface area contributed by atoms with Crippen molar-refractivity contribution >= 4 is 5.91 Å². The second kappa shape index (κ2) is 7.97. The van der Waals surface area contributed by atoms with Crippen LogP contribution in [0.5, 0.6) is 5.75 Å². The molecule has 1 unspecified atom stereocenters. The maximum absolute atomic E-state index is 12.7. The lowest BCUT2D eigenvalue weighted by Gasteiger charge is -2.36. The highest BCUT2D eigenvalue weighted by Gasteiger charge is 2.31. The van der Waals surface area contributed by atoms with Gasteiger partial charge in [-0.05, 0) is 24.8 Å². The molecule has 2 fully saturated rings. The summed E-state index contributed by atoms with van der Waals surface area (Å²) in [6, 6.07) is 3.85. The number of carbonyl (C=O) groups is 1. The van der Waals surface area contributed by atoms with Crippen molar-refractivity contribution in [2.45, 2.75) is 39.2 Å². The molecule has 5 heteroatoms. The summed E-state index contributed by atoms with van der Waals surface area (Å²) in [6.07, 6.45) is 6.84. The van der Waals surface area contributed by atoms with Crippen LogP contribution < -0.4 is 4.74 Å². The molecule has 1 atom stereocenters. The fourth-order valence-corrected chi connectivity index (χ4v) is 3.97. The molecule has 1 aliphatic carbocycles. The largest absolute Gasteiger partial charge is 0.497 e. The van der Waals surface area contributed by atoms with Crippen molar-refractivity contribution in [3.63, 3.8) is 0 Å². The van der Waals surface area contributed by atoms with Crippen LogP contribution in [-0.2, 0) is 11.3 Å². The molecule has 1 aliphatic heterocycles. The van der Waals surface area contributed by atoms with Crippen molar-refractivity contribution in [1.29, 1.82) is 0 Å². The molecule has 1 saturated heterocycles. The Morgan fingerprint density at radius 3 is 2.67 bits per heavy atom. The maximum Gasteiger partial charge on any atom is 0.225 e. The molecule has 0 aromatic carbocycles. The average Bonchev–Trinajstić information content (AvgIpc) is 3.16. The molecule has 2 heterocycles. The molecule has 24 heavy (non-hydrogen) atoms. The van der Waals surface area contributed by atoms with Gasteiger partial charge in [-0.25, -0.2) is 0 Å². The summed E-state index contributed by atoms with van der Waals surface area (Å²) in [6.45, 7) is 6.45. The van der Waals surface area contributed by atoms with Crippen LogP contribution in [0.15, 0.2) is 18.3 Å². The molecule has 3 rings (SSSR count). The molecular weight excluding hydrogens is 302 g/mol. The summed E-state index contributed by atoms with van der Waals surface area (Å²) >= 11 is 0. The third kappa shape index (κ3) is 4.07. The molecule has 1 amide bonds. The molecule has 1 saturated carbocycles. The second-order valence-electron chi connectivity index (χ2n) is 7.12. The van der Waals surface area contributed by atoms with Crippen molar-refractivity contribution in [2.75, 3.05) is 33.3 Å². The predicted octanol–water partition coefficient (Wildman–Crippen LogP) is 2.56. The summed E-state index contributed by atoms with van der Waals surface area (Å²) in [4.78, 5) is 21.6. The van der Waals surface area contributed by atoms with Crippen LogP contribution in [0.4, 0.5) is 0 Å². The van der Waals surface area contributed by atoms with E-state index in [0.29, 0.717) is 11.8 Å². The Morgan fingerprint density at radius 1 is 1.29 bits per heavy atom. The zero-order valence-corrected chi connectivity index (χ0v) is 14.9. The van der Waals surface area contributed by atoms with E-state index in [0.717, 1.165) is 44.2 Å². The van der Waals surface area contributed by atoms with E-state index in [1.807, 2.05) is 12.1 Å². The fraction of sp³-hybridized carbons (Fsp3) is 0.684. The number of carbonyl (C=O) groups excluding carboxylic acids is 1. The monoisotopic (exact) mass is 331 g/mol. The van der Waals surface area contributed by atoms with Gasteiger partial charge in [-0.1, -0.05) is 19.8 Å². The summed E-state index contributed by atoms with van der Waals surface area (Å²) in [5.74, 6) is 2.01. The lowest BCUT2D eigenvalue weighted by molar-refractivity contribution is -0.138. The number of hydrogen-bond donors (Lipinski definition) is 0. The average molecular weight is 331 g/mol. The van der Waals surface area contributed by atoms with Gasteiger partial charge in [0.05, 0.1) is 12.8 Å². The number of ether oxygens (including phenoxy) is 1. The van der Waals surface area contributed by atoms with E-state index in [9.17, 15) is 4.79 Å². The van der Waals surface area contributed by atoms with Crippen LogP contribution in [0.25, 0.3) is 0 Å². The number of rotatable bonds is 5. The summed E-state index contributed by atoms with van der Waals surface area (Å²) < 4.78 is 5.26. The Kier molecular flexibility index (Phi) is 5.72. The smallest absolute Gasteiger partial charge is 0.225 e. The third-order valence-electron chi connectivity index (χ3n) is 5.59. The van der Waals surface area contributed by atoms with Crippen molar-refractivity contribution in [2.24, 2.45) is 11.8 Å². The Bertz CT molecular complexity index is 549. The van der Waals surface area contributed by atoms with E-state index in [1.165, 1.54) is 25.7 Å².